The first-order valence-electron chi connectivity index (χ1n) is 7.43. The summed E-state index contributed by atoms with van der Waals surface area (Å²) in [6, 6.07) is 9.57. The fourth-order valence-corrected chi connectivity index (χ4v) is 2.79. The third kappa shape index (κ3) is 5.32. The average Bonchev–Trinajstić information content (AvgIpc) is 2.60. The van der Waals surface area contributed by atoms with E-state index in [1.807, 2.05) is 13.0 Å². The number of sulfonamides is 1. The largest absolute Gasteiger partial charge is 0.494 e. The van der Waals surface area contributed by atoms with E-state index in [9.17, 15) is 13.2 Å². The Balaban J connectivity index is 1.86. The Bertz CT molecular complexity index is 762. The van der Waals surface area contributed by atoms with Crippen LogP contribution in [0.2, 0.25) is 0 Å². The Hall–Kier alpha value is -2.45. The van der Waals surface area contributed by atoms with Gasteiger partial charge in [0.05, 0.1) is 11.5 Å². The summed E-state index contributed by atoms with van der Waals surface area (Å²) in [5, 5.41) is 0. The number of carbonyl (C=O) groups is 1. The minimum absolute atomic E-state index is 0.0403. The topological polar surface area (TPSA) is 97.4 Å². The number of carbonyl (C=O) groups excluding carboxylic acids is 1. The van der Waals surface area contributed by atoms with Crippen LogP contribution in [0.15, 0.2) is 53.7 Å². The number of nitrogens with zero attached hydrogens (tertiary/aromatic N) is 1. The highest BCUT2D eigenvalue weighted by Crippen LogP contribution is 2.15. The van der Waals surface area contributed by atoms with Crippen molar-refractivity contribution in [1.29, 1.82) is 0 Å². The van der Waals surface area contributed by atoms with Gasteiger partial charge < -0.3 is 4.74 Å². The minimum atomic E-state index is -3.82. The predicted molar refractivity (Wildman–Crippen MR) is 88.6 cm³/mol. The summed E-state index contributed by atoms with van der Waals surface area (Å²) >= 11 is 0. The lowest BCUT2D eigenvalue weighted by Gasteiger charge is -2.09. The molecule has 1 heterocycles. The van der Waals surface area contributed by atoms with Crippen LogP contribution in [-0.2, 0) is 21.2 Å². The molecule has 0 saturated heterocycles. The van der Waals surface area contributed by atoms with E-state index in [4.69, 9.17) is 4.74 Å². The fraction of sp³-hybridized carbons (Fsp3) is 0.250. The van der Waals surface area contributed by atoms with Gasteiger partial charge in [0, 0.05) is 18.8 Å². The molecule has 0 spiro atoms. The number of amides is 1. The van der Waals surface area contributed by atoms with E-state index < -0.39 is 15.9 Å². The standard InChI is InChI=1S/C16H19N3O4S/c1-2-23-14-6-8-15(9-7-14)24(21,22)19-18-16(20)10-5-13-4-3-11-17-12-13/h3-4,6-9,11-12,19H,2,5,10H2,1H3,(H,18,20). The lowest BCUT2D eigenvalue weighted by molar-refractivity contribution is -0.121. The maximum atomic E-state index is 12.1. The summed E-state index contributed by atoms with van der Waals surface area (Å²) in [7, 11) is -3.82. The number of aromatic nitrogens is 1. The summed E-state index contributed by atoms with van der Waals surface area (Å²) < 4.78 is 29.5. The summed E-state index contributed by atoms with van der Waals surface area (Å²) in [5.74, 6) is 0.158. The number of rotatable bonds is 8. The first-order valence-corrected chi connectivity index (χ1v) is 8.92. The van der Waals surface area contributed by atoms with Crippen LogP contribution in [-0.4, -0.2) is 25.9 Å². The molecular weight excluding hydrogens is 330 g/mol. The monoisotopic (exact) mass is 349 g/mol. The molecule has 0 radical (unpaired) electrons. The third-order valence-corrected chi connectivity index (χ3v) is 4.40. The molecule has 0 fully saturated rings. The minimum Gasteiger partial charge on any atom is -0.494 e. The second kappa shape index (κ2) is 8.42. The predicted octanol–water partition coefficient (Wildman–Crippen LogP) is 1.42. The van der Waals surface area contributed by atoms with Crippen LogP contribution in [0.1, 0.15) is 18.9 Å². The van der Waals surface area contributed by atoms with Gasteiger partial charge in [0.25, 0.3) is 10.0 Å². The van der Waals surface area contributed by atoms with E-state index in [-0.39, 0.29) is 11.3 Å². The lowest BCUT2D eigenvalue weighted by atomic mass is 10.1. The molecule has 2 aromatic rings. The van der Waals surface area contributed by atoms with E-state index >= 15 is 0 Å². The Kier molecular flexibility index (Phi) is 6.28. The lowest BCUT2D eigenvalue weighted by Crippen LogP contribution is -2.41. The van der Waals surface area contributed by atoms with Crippen molar-refractivity contribution >= 4 is 15.9 Å². The summed E-state index contributed by atoms with van der Waals surface area (Å²) in [5.41, 5.74) is 3.11. The molecule has 2 rings (SSSR count). The third-order valence-electron chi connectivity index (χ3n) is 3.13. The number of aryl methyl sites for hydroxylation is 1. The second-order valence-corrected chi connectivity index (χ2v) is 6.60. The van der Waals surface area contributed by atoms with E-state index in [0.29, 0.717) is 18.8 Å². The molecule has 2 N–H and O–H groups in total. The molecule has 7 nitrogen and oxygen atoms in total. The van der Waals surface area contributed by atoms with Gasteiger partial charge in [-0.2, -0.15) is 0 Å². The van der Waals surface area contributed by atoms with Gasteiger partial charge in [-0.25, -0.2) is 8.42 Å². The van der Waals surface area contributed by atoms with Crippen molar-refractivity contribution in [2.75, 3.05) is 6.61 Å². The number of hydrazine groups is 1. The van der Waals surface area contributed by atoms with Crippen LogP contribution in [0, 0.1) is 0 Å². The number of benzene rings is 1. The number of ether oxygens (including phenoxy) is 1. The highest BCUT2D eigenvalue weighted by atomic mass is 32.2. The zero-order valence-corrected chi connectivity index (χ0v) is 14.0. The van der Waals surface area contributed by atoms with E-state index in [1.54, 1.807) is 30.6 Å². The van der Waals surface area contributed by atoms with Crippen LogP contribution in [0.25, 0.3) is 0 Å². The molecule has 0 bridgehead atoms. The highest BCUT2D eigenvalue weighted by Gasteiger charge is 2.15. The molecule has 1 aromatic heterocycles. The van der Waals surface area contributed by atoms with Crippen molar-refractivity contribution in [2.45, 2.75) is 24.7 Å². The Morgan fingerprint density at radius 3 is 2.58 bits per heavy atom. The van der Waals surface area contributed by atoms with Gasteiger partial charge in [0.1, 0.15) is 5.75 Å². The van der Waals surface area contributed by atoms with E-state index in [0.717, 1.165) is 5.56 Å². The number of hydrogen-bond donors (Lipinski definition) is 2. The van der Waals surface area contributed by atoms with Crippen LogP contribution in [0.3, 0.4) is 0 Å². The quantitative estimate of drug-likeness (QED) is 0.703. The molecule has 0 atom stereocenters. The molecule has 0 unspecified atom stereocenters. The van der Waals surface area contributed by atoms with Crippen LogP contribution in [0.5, 0.6) is 5.75 Å². The molecule has 1 amide bonds. The van der Waals surface area contributed by atoms with Crippen molar-refractivity contribution in [1.82, 2.24) is 15.2 Å². The molecule has 24 heavy (non-hydrogen) atoms. The summed E-state index contributed by atoms with van der Waals surface area (Å²) in [4.78, 5) is 17.8. The molecular formula is C16H19N3O4S. The SMILES string of the molecule is CCOc1ccc(S(=O)(=O)NNC(=O)CCc2cccnc2)cc1. The number of hydrogen-bond acceptors (Lipinski definition) is 5. The average molecular weight is 349 g/mol. The summed E-state index contributed by atoms with van der Waals surface area (Å²) in [6.45, 7) is 2.34. The van der Waals surface area contributed by atoms with Crippen molar-refractivity contribution < 1.29 is 17.9 Å². The summed E-state index contributed by atoms with van der Waals surface area (Å²) in [6.07, 6.45) is 3.94. The Morgan fingerprint density at radius 2 is 1.96 bits per heavy atom. The maximum absolute atomic E-state index is 12.1. The first kappa shape index (κ1) is 17.9. The molecule has 0 aliphatic carbocycles. The van der Waals surface area contributed by atoms with Crippen molar-refractivity contribution in [3.8, 4) is 5.75 Å². The van der Waals surface area contributed by atoms with Gasteiger partial charge >= 0.3 is 0 Å². The fourth-order valence-electron chi connectivity index (χ4n) is 1.93. The second-order valence-electron chi connectivity index (χ2n) is 4.92. The van der Waals surface area contributed by atoms with Crippen LogP contribution >= 0.6 is 0 Å². The van der Waals surface area contributed by atoms with Crippen LogP contribution < -0.4 is 15.0 Å². The smallest absolute Gasteiger partial charge is 0.257 e. The van der Waals surface area contributed by atoms with Gasteiger partial charge in [0.2, 0.25) is 5.91 Å². The number of pyridine rings is 1. The zero-order chi connectivity index (χ0) is 17.4. The molecule has 128 valence electrons. The number of nitrogens with one attached hydrogen (secondary N) is 2. The van der Waals surface area contributed by atoms with Crippen molar-refractivity contribution in [3.63, 3.8) is 0 Å². The van der Waals surface area contributed by atoms with Gasteiger partial charge in [-0.1, -0.05) is 6.07 Å². The molecule has 1 aromatic carbocycles. The van der Waals surface area contributed by atoms with Crippen molar-refractivity contribution in [3.05, 3.63) is 54.4 Å². The Labute approximate surface area is 141 Å². The van der Waals surface area contributed by atoms with Gasteiger partial charge in [0.15, 0.2) is 0 Å². The van der Waals surface area contributed by atoms with Gasteiger partial charge in [-0.15, -0.1) is 4.83 Å². The van der Waals surface area contributed by atoms with E-state index in [1.165, 1.54) is 12.1 Å². The highest BCUT2D eigenvalue weighted by molar-refractivity contribution is 7.89. The first-order chi connectivity index (χ1) is 11.5. The molecule has 0 saturated carbocycles. The van der Waals surface area contributed by atoms with Crippen molar-refractivity contribution in [2.24, 2.45) is 0 Å². The maximum Gasteiger partial charge on any atom is 0.257 e. The molecule has 8 heteroatoms. The van der Waals surface area contributed by atoms with Gasteiger partial charge in [-0.05, 0) is 49.2 Å². The molecule has 0 aliphatic rings. The zero-order valence-electron chi connectivity index (χ0n) is 13.2. The van der Waals surface area contributed by atoms with Gasteiger partial charge in [-0.3, -0.25) is 15.2 Å². The van der Waals surface area contributed by atoms with Crippen LogP contribution in [0.4, 0.5) is 0 Å². The molecule has 0 aliphatic heterocycles. The Morgan fingerprint density at radius 1 is 1.21 bits per heavy atom. The normalized spacial score (nSPS) is 11.0. The van der Waals surface area contributed by atoms with E-state index in [2.05, 4.69) is 15.2 Å².